The zero-order valence-corrected chi connectivity index (χ0v) is 9.86. The molecule has 1 heterocycles. The summed E-state index contributed by atoms with van der Waals surface area (Å²) in [6.07, 6.45) is -1.24. The van der Waals surface area contributed by atoms with Crippen molar-refractivity contribution in [2.75, 3.05) is 0 Å². The van der Waals surface area contributed by atoms with Crippen molar-refractivity contribution >= 4 is 38.5 Å². The third kappa shape index (κ3) is 1.93. The highest BCUT2D eigenvalue weighted by atomic mass is 127. The van der Waals surface area contributed by atoms with Gasteiger partial charge in [-0.3, -0.25) is 4.98 Å². The highest BCUT2D eigenvalue weighted by Crippen LogP contribution is 2.30. The summed E-state index contributed by atoms with van der Waals surface area (Å²) in [7, 11) is 0. The van der Waals surface area contributed by atoms with Crippen LogP contribution in [-0.2, 0) is 0 Å². The molecule has 0 unspecified atom stereocenters. The first-order valence-electron chi connectivity index (χ1n) is 3.12. The summed E-state index contributed by atoms with van der Waals surface area (Å²) in [5.74, 6) is 0. The predicted molar refractivity (Wildman–Crippen MR) is 54.3 cm³/mol. The van der Waals surface area contributed by atoms with Gasteiger partial charge in [0.1, 0.15) is 0 Å². The van der Waals surface area contributed by atoms with Crippen molar-refractivity contribution in [2.45, 2.75) is 13.3 Å². The van der Waals surface area contributed by atoms with Gasteiger partial charge in [-0.25, -0.2) is 8.78 Å². The van der Waals surface area contributed by atoms with E-state index in [0.29, 0.717) is 8.04 Å². The van der Waals surface area contributed by atoms with Crippen LogP contribution >= 0.6 is 38.5 Å². The molecule has 1 aromatic heterocycles. The molecule has 0 aliphatic heterocycles. The van der Waals surface area contributed by atoms with Gasteiger partial charge in [0.15, 0.2) is 0 Å². The molecule has 0 amide bonds. The lowest BCUT2D eigenvalue weighted by atomic mass is 10.3. The Balaban J connectivity index is 3.27. The number of aryl methyl sites for hydroxylation is 1. The number of hydrogen-bond donors (Lipinski definition) is 0. The molecule has 0 bridgehead atoms. The first kappa shape index (κ1) is 10.3. The molecule has 0 aliphatic rings. The molecule has 66 valence electrons. The number of nitrogens with zero attached hydrogens (tertiary/aromatic N) is 1. The van der Waals surface area contributed by atoms with Crippen LogP contribution < -0.4 is 0 Å². The van der Waals surface area contributed by atoms with Crippen molar-refractivity contribution in [3.63, 3.8) is 0 Å². The normalized spacial score (nSPS) is 10.8. The maximum Gasteiger partial charge on any atom is 0.266 e. The SMILES string of the molecule is Cc1ncc(C(F)F)c(I)c1Br. The van der Waals surface area contributed by atoms with E-state index in [1.807, 2.05) is 22.6 Å². The third-order valence-corrected chi connectivity index (χ3v) is 4.27. The fraction of sp³-hybridized carbons (Fsp3) is 0.286. The number of alkyl halides is 2. The van der Waals surface area contributed by atoms with Gasteiger partial charge < -0.3 is 0 Å². The van der Waals surface area contributed by atoms with Gasteiger partial charge in [-0.2, -0.15) is 0 Å². The van der Waals surface area contributed by atoms with Gasteiger partial charge in [-0.05, 0) is 45.4 Å². The average molecular weight is 348 g/mol. The molecule has 0 saturated heterocycles. The second kappa shape index (κ2) is 3.95. The van der Waals surface area contributed by atoms with E-state index in [9.17, 15) is 8.78 Å². The van der Waals surface area contributed by atoms with Gasteiger partial charge in [0.2, 0.25) is 0 Å². The van der Waals surface area contributed by atoms with Crippen LogP contribution in [0, 0.1) is 10.5 Å². The van der Waals surface area contributed by atoms with Crippen molar-refractivity contribution in [1.29, 1.82) is 0 Å². The fourth-order valence-electron chi connectivity index (χ4n) is 0.717. The Bertz CT molecular complexity index is 304. The van der Waals surface area contributed by atoms with Crippen molar-refractivity contribution in [2.24, 2.45) is 0 Å². The lowest BCUT2D eigenvalue weighted by molar-refractivity contribution is 0.150. The number of aromatic nitrogens is 1. The van der Waals surface area contributed by atoms with E-state index in [4.69, 9.17) is 0 Å². The molecule has 0 saturated carbocycles. The largest absolute Gasteiger partial charge is 0.266 e. The maximum absolute atomic E-state index is 12.3. The second-order valence-corrected chi connectivity index (χ2v) is 4.10. The van der Waals surface area contributed by atoms with Crippen LogP contribution in [0.2, 0.25) is 0 Å². The Morgan fingerprint density at radius 2 is 2.17 bits per heavy atom. The number of rotatable bonds is 1. The summed E-state index contributed by atoms with van der Waals surface area (Å²) in [6, 6.07) is 0. The van der Waals surface area contributed by atoms with Crippen molar-refractivity contribution in [3.8, 4) is 0 Å². The van der Waals surface area contributed by atoms with Crippen LogP contribution in [0.4, 0.5) is 8.78 Å². The number of hydrogen-bond acceptors (Lipinski definition) is 1. The molecule has 0 aromatic carbocycles. The predicted octanol–water partition coefficient (Wildman–Crippen LogP) is 3.69. The summed E-state index contributed by atoms with van der Waals surface area (Å²) in [4.78, 5) is 3.83. The van der Waals surface area contributed by atoms with E-state index in [1.54, 1.807) is 6.92 Å². The molecule has 0 radical (unpaired) electrons. The molecular formula is C7H5BrF2IN. The third-order valence-electron chi connectivity index (χ3n) is 1.40. The average Bonchev–Trinajstić information content (AvgIpc) is 2.00. The monoisotopic (exact) mass is 347 g/mol. The Kier molecular flexibility index (Phi) is 3.39. The summed E-state index contributed by atoms with van der Waals surface area (Å²) >= 11 is 5.07. The zero-order valence-electron chi connectivity index (χ0n) is 6.11. The second-order valence-electron chi connectivity index (χ2n) is 2.23. The standard InChI is InChI=1S/C7H5BrF2IN/c1-3-5(8)6(11)4(2-12-3)7(9)10/h2,7H,1H3. The Morgan fingerprint density at radius 1 is 1.58 bits per heavy atom. The van der Waals surface area contributed by atoms with Crippen molar-refractivity contribution < 1.29 is 8.78 Å². The van der Waals surface area contributed by atoms with Gasteiger partial charge in [-0.15, -0.1) is 0 Å². The highest BCUT2D eigenvalue weighted by molar-refractivity contribution is 14.1. The topological polar surface area (TPSA) is 12.9 Å². The summed E-state index contributed by atoms with van der Waals surface area (Å²) in [6.45, 7) is 1.77. The van der Waals surface area contributed by atoms with Gasteiger partial charge in [0, 0.05) is 9.77 Å². The molecule has 0 atom stereocenters. The minimum absolute atomic E-state index is 0.0203. The lowest BCUT2D eigenvalue weighted by Gasteiger charge is -2.05. The van der Waals surface area contributed by atoms with Crippen LogP contribution in [0.5, 0.6) is 0 Å². The van der Waals surface area contributed by atoms with Crippen molar-refractivity contribution in [1.82, 2.24) is 4.98 Å². The summed E-state index contributed by atoms with van der Waals surface area (Å²) < 4.78 is 25.7. The van der Waals surface area contributed by atoms with E-state index in [2.05, 4.69) is 20.9 Å². The quantitative estimate of drug-likeness (QED) is 0.706. The van der Waals surface area contributed by atoms with Crippen LogP contribution in [0.3, 0.4) is 0 Å². The number of halogens is 4. The van der Waals surface area contributed by atoms with E-state index in [0.717, 1.165) is 5.69 Å². The molecule has 0 aliphatic carbocycles. The van der Waals surface area contributed by atoms with E-state index in [1.165, 1.54) is 6.20 Å². The Morgan fingerprint density at radius 3 is 2.67 bits per heavy atom. The molecule has 5 heteroatoms. The smallest absolute Gasteiger partial charge is 0.260 e. The Labute approximate surface area is 90.8 Å². The highest BCUT2D eigenvalue weighted by Gasteiger charge is 2.15. The minimum Gasteiger partial charge on any atom is -0.260 e. The van der Waals surface area contributed by atoms with Crippen LogP contribution in [0.25, 0.3) is 0 Å². The molecule has 0 spiro atoms. The van der Waals surface area contributed by atoms with Gasteiger partial charge >= 0.3 is 0 Å². The Hall–Kier alpha value is 0.220. The maximum atomic E-state index is 12.3. The molecular weight excluding hydrogens is 343 g/mol. The van der Waals surface area contributed by atoms with E-state index in [-0.39, 0.29) is 5.56 Å². The van der Waals surface area contributed by atoms with Crippen LogP contribution in [0.15, 0.2) is 10.7 Å². The fourth-order valence-corrected chi connectivity index (χ4v) is 1.81. The zero-order chi connectivity index (χ0) is 9.30. The molecule has 0 N–H and O–H groups in total. The van der Waals surface area contributed by atoms with Crippen LogP contribution in [0.1, 0.15) is 17.7 Å². The first-order valence-corrected chi connectivity index (χ1v) is 5.00. The molecule has 1 aromatic rings. The molecule has 1 rings (SSSR count). The van der Waals surface area contributed by atoms with Gasteiger partial charge in [0.05, 0.1) is 15.7 Å². The van der Waals surface area contributed by atoms with Crippen LogP contribution in [-0.4, -0.2) is 4.98 Å². The van der Waals surface area contributed by atoms with Crippen molar-refractivity contribution in [3.05, 3.63) is 25.5 Å². The summed E-state index contributed by atoms with van der Waals surface area (Å²) in [5.41, 5.74) is 0.705. The van der Waals surface area contributed by atoms with E-state index < -0.39 is 6.43 Å². The van der Waals surface area contributed by atoms with Gasteiger partial charge in [0.25, 0.3) is 6.43 Å². The summed E-state index contributed by atoms with van der Waals surface area (Å²) in [5, 5.41) is 0. The molecule has 1 nitrogen and oxygen atoms in total. The molecule has 12 heavy (non-hydrogen) atoms. The first-order chi connectivity index (χ1) is 5.54. The number of pyridine rings is 1. The molecule has 0 fully saturated rings. The van der Waals surface area contributed by atoms with E-state index >= 15 is 0 Å². The minimum atomic E-state index is -2.46. The van der Waals surface area contributed by atoms with Gasteiger partial charge in [-0.1, -0.05) is 0 Å². The lowest BCUT2D eigenvalue weighted by Crippen LogP contribution is -1.95.